The minimum Gasteiger partial charge on any atom is -0.365 e. The molecule has 2 aromatic rings. The summed E-state index contributed by atoms with van der Waals surface area (Å²) < 4.78 is 15.3. The monoisotopic (exact) mass is 408 g/mol. The van der Waals surface area contributed by atoms with E-state index in [1.807, 2.05) is 0 Å². The molecule has 3 N–H and O–H groups in total. The van der Waals surface area contributed by atoms with Crippen LogP contribution < -0.4 is 11.1 Å². The van der Waals surface area contributed by atoms with Crippen LogP contribution in [0.5, 0.6) is 0 Å². The van der Waals surface area contributed by atoms with Gasteiger partial charge in [-0.05, 0) is 25.0 Å². The highest BCUT2D eigenvalue weighted by Crippen LogP contribution is 2.29. The Morgan fingerprint density at radius 3 is 2.73 bits per heavy atom. The molecule has 1 aromatic heterocycles. The van der Waals surface area contributed by atoms with Crippen LogP contribution in [0.1, 0.15) is 28.9 Å². The average molecular weight is 408 g/mol. The molecule has 0 bridgehead atoms. The van der Waals surface area contributed by atoms with Gasteiger partial charge in [0.1, 0.15) is 11.5 Å². The van der Waals surface area contributed by atoms with Crippen molar-refractivity contribution < 1.29 is 14.0 Å². The van der Waals surface area contributed by atoms with E-state index in [2.05, 4.69) is 16.4 Å². The SMILES string of the molecule is N#CB1CCC(NC(=O)N2CCn3nc(-c4cccc(F)c4)c(C(N)=O)c3C2)CC1. The van der Waals surface area contributed by atoms with Crippen LogP contribution in [0.2, 0.25) is 12.6 Å². The highest BCUT2D eigenvalue weighted by Gasteiger charge is 2.31. The van der Waals surface area contributed by atoms with E-state index in [1.54, 1.807) is 21.7 Å². The third kappa shape index (κ3) is 3.88. The zero-order valence-electron chi connectivity index (χ0n) is 16.5. The first-order chi connectivity index (χ1) is 14.5. The normalized spacial score (nSPS) is 16.7. The number of nitrogens with zero attached hydrogens (tertiary/aromatic N) is 4. The van der Waals surface area contributed by atoms with Crippen LogP contribution in [-0.2, 0) is 13.1 Å². The summed E-state index contributed by atoms with van der Waals surface area (Å²) >= 11 is 0. The van der Waals surface area contributed by atoms with E-state index in [1.165, 1.54) is 12.1 Å². The van der Waals surface area contributed by atoms with Crippen molar-refractivity contribution in [3.8, 4) is 17.2 Å². The van der Waals surface area contributed by atoms with Crippen LogP contribution in [0, 0.1) is 17.0 Å². The molecule has 0 atom stereocenters. The van der Waals surface area contributed by atoms with Crippen molar-refractivity contribution in [3.05, 3.63) is 41.3 Å². The van der Waals surface area contributed by atoms with Crippen molar-refractivity contribution in [1.29, 1.82) is 5.26 Å². The third-order valence-corrected chi connectivity index (χ3v) is 5.85. The van der Waals surface area contributed by atoms with Gasteiger partial charge in [-0.15, -0.1) is 0 Å². The Morgan fingerprint density at radius 1 is 1.30 bits per heavy atom. The first kappa shape index (κ1) is 19.9. The fourth-order valence-corrected chi connectivity index (χ4v) is 4.22. The number of carbonyl (C=O) groups is 2. The number of amides is 3. The van der Waals surface area contributed by atoms with Gasteiger partial charge in [-0.3, -0.25) is 9.48 Å². The molecule has 0 unspecified atom stereocenters. The maximum absolute atomic E-state index is 13.7. The molecule has 2 aliphatic heterocycles. The predicted molar refractivity (Wildman–Crippen MR) is 109 cm³/mol. The molecule has 2 aliphatic rings. The molecule has 8 nitrogen and oxygen atoms in total. The molecule has 0 spiro atoms. The Kier molecular flexibility index (Phi) is 5.44. The number of nitrogens with two attached hydrogens (primary N) is 1. The Balaban J connectivity index is 1.53. The van der Waals surface area contributed by atoms with Crippen molar-refractivity contribution in [2.45, 2.75) is 44.6 Å². The molecule has 3 heterocycles. The van der Waals surface area contributed by atoms with Gasteiger partial charge in [-0.25, -0.2) is 14.4 Å². The predicted octanol–water partition coefficient (Wildman–Crippen LogP) is 2.03. The minimum atomic E-state index is -0.660. The van der Waals surface area contributed by atoms with Crippen molar-refractivity contribution in [1.82, 2.24) is 20.0 Å². The summed E-state index contributed by atoms with van der Waals surface area (Å²) in [5.74, 6) is 1.20. The molecule has 3 amide bonds. The summed E-state index contributed by atoms with van der Waals surface area (Å²) in [7, 11) is 0. The maximum Gasteiger partial charge on any atom is 0.318 e. The molecule has 0 saturated carbocycles. The van der Waals surface area contributed by atoms with Gasteiger partial charge < -0.3 is 16.0 Å². The van der Waals surface area contributed by atoms with Gasteiger partial charge >= 0.3 is 6.03 Å². The third-order valence-electron chi connectivity index (χ3n) is 5.85. The van der Waals surface area contributed by atoms with E-state index < -0.39 is 11.7 Å². The van der Waals surface area contributed by atoms with Gasteiger partial charge in [-0.2, -0.15) is 5.10 Å². The van der Waals surface area contributed by atoms with Crippen LogP contribution in [0.4, 0.5) is 9.18 Å². The Hall–Kier alpha value is -3.35. The average Bonchev–Trinajstić information content (AvgIpc) is 3.13. The number of nitriles is 1. The number of halogens is 1. The molecule has 1 saturated heterocycles. The molecular weight excluding hydrogens is 386 g/mol. The molecule has 30 heavy (non-hydrogen) atoms. The molecule has 154 valence electrons. The molecule has 4 rings (SSSR count). The summed E-state index contributed by atoms with van der Waals surface area (Å²) in [6.07, 6.45) is 3.14. The molecule has 0 radical (unpaired) electrons. The number of urea groups is 1. The van der Waals surface area contributed by atoms with Gasteiger partial charge in [-0.1, -0.05) is 24.8 Å². The Bertz CT molecular complexity index is 1020. The molecule has 0 aliphatic carbocycles. The molecule has 1 fully saturated rings. The lowest BCUT2D eigenvalue weighted by Gasteiger charge is -2.31. The summed E-state index contributed by atoms with van der Waals surface area (Å²) in [4.78, 5) is 26.6. The molecule has 1 aromatic carbocycles. The van der Waals surface area contributed by atoms with E-state index in [-0.39, 0.29) is 30.9 Å². The fraction of sp³-hybridized carbons (Fsp3) is 0.400. The second kappa shape index (κ2) is 8.18. The van der Waals surface area contributed by atoms with Crippen LogP contribution in [0.15, 0.2) is 24.3 Å². The number of fused-ring (bicyclic) bond motifs is 1. The number of hydrogen-bond donors (Lipinski definition) is 2. The van der Waals surface area contributed by atoms with E-state index in [9.17, 15) is 14.0 Å². The number of nitrogens with one attached hydrogen (secondary N) is 1. The summed E-state index contributed by atoms with van der Waals surface area (Å²) in [5.41, 5.74) is 7.19. The quantitative estimate of drug-likeness (QED) is 0.756. The number of hydrogen-bond acceptors (Lipinski definition) is 4. The number of primary amides is 1. The largest absolute Gasteiger partial charge is 0.365 e. The van der Waals surface area contributed by atoms with Gasteiger partial charge in [0, 0.05) is 24.1 Å². The summed E-state index contributed by atoms with van der Waals surface area (Å²) in [5, 5.41) is 16.5. The highest BCUT2D eigenvalue weighted by molar-refractivity contribution is 6.67. The van der Waals surface area contributed by atoms with E-state index in [4.69, 9.17) is 11.0 Å². The van der Waals surface area contributed by atoms with Gasteiger partial charge in [0.2, 0.25) is 0 Å². The summed E-state index contributed by atoms with van der Waals surface area (Å²) in [6.45, 7) is 1.12. The van der Waals surface area contributed by atoms with Crippen LogP contribution in [-0.4, -0.2) is 45.9 Å². The lowest BCUT2D eigenvalue weighted by molar-refractivity contribution is 0.0997. The van der Waals surface area contributed by atoms with Crippen LogP contribution >= 0.6 is 0 Å². The van der Waals surface area contributed by atoms with Gasteiger partial charge in [0.15, 0.2) is 0 Å². The number of carbonyl (C=O) groups excluding carboxylic acids is 2. The zero-order valence-corrected chi connectivity index (χ0v) is 16.5. The molecule has 10 heteroatoms. The first-order valence-corrected chi connectivity index (χ1v) is 10.1. The smallest absolute Gasteiger partial charge is 0.318 e. The number of aromatic nitrogens is 2. The van der Waals surface area contributed by atoms with E-state index in [0.717, 1.165) is 25.5 Å². The van der Waals surface area contributed by atoms with Crippen molar-refractivity contribution in [2.24, 2.45) is 5.73 Å². The van der Waals surface area contributed by atoms with Gasteiger partial charge in [0.25, 0.3) is 12.6 Å². The minimum absolute atomic E-state index is 0.0485. The second-order valence-electron chi connectivity index (χ2n) is 7.82. The maximum atomic E-state index is 13.7. The van der Waals surface area contributed by atoms with Crippen LogP contribution in [0.3, 0.4) is 0 Å². The zero-order chi connectivity index (χ0) is 21.3. The van der Waals surface area contributed by atoms with Crippen molar-refractivity contribution >= 4 is 18.7 Å². The topological polar surface area (TPSA) is 117 Å². The summed E-state index contributed by atoms with van der Waals surface area (Å²) in [6, 6.07) is 5.70. The number of benzene rings is 1. The van der Waals surface area contributed by atoms with Crippen LogP contribution in [0.25, 0.3) is 11.3 Å². The van der Waals surface area contributed by atoms with Crippen molar-refractivity contribution in [3.63, 3.8) is 0 Å². The first-order valence-electron chi connectivity index (χ1n) is 10.1. The van der Waals surface area contributed by atoms with Gasteiger partial charge in [0.05, 0.1) is 24.3 Å². The fourth-order valence-electron chi connectivity index (χ4n) is 4.22. The Labute approximate surface area is 173 Å². The van der Waals surface area contributed by atoms with Crippen molar-refractivity contribution in [2.75, 3.05) is 6.54 Å². The van der Waals surface area contributed by atoms with E-state index >= 15 is 0 Å². The lowest BCUT2D eigenvalue weighted by Crippen LogP contribution is -2.49. The highest BCUT2D eigenvalue weighted by atomic mass is 19.1. The van der Waals surface area contributed by atoms with E-state index in [0.29, 0.717) is 30.0 Å². The standard InChI is InChI=1S/C20H22BFN6O2/c22-14-3-1-2-13(10-14)18-17(19(24)29)16-11-27(8-9-28(16)26-18)20(30)25-15-4-6-21(12-23)7-5-15/h1-3,10,15H,4-9,11H2,(H2,24,29)(H,25,30). The number of rotatable bonds is 3. The second-order valence-corrected chi connectivity index (χ2v) is 7.82. The lowest BCUT2D eigenvalue weighted by atomic mass is 9.42. The molecular formula is C20H22BFN6O2. The Morgan fingerprint density at radius 2 is 2.07 bits per heavy atom.